The molecule has 0 saturated carbocycles. The van der Waals surface area contributed by atoms with Crippen molar-refractivity contribution < 1.29 is 4.39 Å². The molecule has 5 heteroatoms. The van der Waals surface area contributed by atoms with Crippen LogP contribution in [0.2, 0.25) is 5.02 Å². The summed E-state index contributed by atoms with van der Waals surface area (Å²) in [4.78, 5) is 0. The zero-order valence-electron chi connectivity index (χ0n) is 11.3. The normalized spacial score (nSPS) is 10.8. The number of halogens is 2. The molecule has 3 aromatic rings. The van der Waals surface area contributed by atoms with Gasteiger partial charge in [-0.3, -0.25) is 5.10 Å². The predicted octanol–water partition coefficient (Wildman–Crippen LogP) is 4.43. The minimum Gasteiger partial charge on any atom is -0.382 e. The molecule has 0 aliphatic rings. The van der Waals surface area contributed by atoms with Crippen molar-refractivity contribution in [2.24, 2.45) is 0 Å². The Morgan fingerprint density at radius 1 is 1.14 bits per heavy atom. The summed E-state index contributed by atoms with van der Waals surface area (Å²) < 4.78 is 14.3. The van der Waals surface area contributed by atoms with Crippen molar-refractivity contribution in [3.63, 3.8) is 0 Å². The summed E-state index contributed by atoms with van der Waals surface area (Å²) in [5.41, 5.74) is 9.47. The monoisotopic (exact) mass is 301 g/mol. The number of H-pyrrole nitrogens is 1. The topological polar surface area (TPSA) is 54.7 Å². The molecule has 0 atom stereocenters. The van der Waals surface area contributed by atoms with Crippen LogP contribution in [0.25, 0.3) is 22.4 Å². The molecule has 3 nitrogen and oxygen atoms in total. The Balaban J connectivity index is 2.22. The lowest BCUT2D eigenvalue weighted by Crippen LogP contribution is -1.92. The average Bonchev–Trinajstić information content (AvgIpc) is 2.85. The van der Waals surface area contributed by atoms with Crippen molar-refractivity contribution >= 4 is 17.4 Å². The van der Waals surface area contributed by atoms with Crippen LogP contribution in [-0.4, -0.2) is 10.2 Å². The van der Waals surface area contributed by atoms with E-state index in [0.717, 1.165) is 11.1 Å². The number of anilines is 1. The number of aromatic nitrogens is 2. The molecule has 2 aromatic carbocycles. The summed E-state index contributed by atoms with van der Waals surface area (Å²) in [5.74, 6) is -0.257. The van der Waals surface area contributed by atoms with Crippen LogP contribution in [0.1, 0.15) is 5.56 Å². The Kier molecular flexibility index (Phi) is 3.39. The molecule has 0 fully saturated rings. The molecule has 0 bridgehead atoms. The SMILES string of the molecule is Cc1ccc(-c2[nH]nc(N)c2-c2cccc(Cl)c2F)cc1. The molecule has 0 aliphatic carbocycles. The van der Waals surface area contributed by atoms with Gasteiger partial charge in [0, 0.05) is 11.1 Å². The van der Waals surface area contributed by atoms with E-state index in [1.54, 1.807) is 12.1 Å². The molecule has 0 unspecified atom stereocenters. The lowest BCUT2D eigenvalue weighted by molar-refractivity contribution is 0.632. The van der Waals surface area contributed by atoms with Gasteiger partial charge in [-0.05, 0) is 13.0 Å². The minimum absolute atomic E-state index is 0.0583. The maximum Gasteiger partial charge on any atom is 0.153 e. The molecule has 21 heavy (non-hydrogen) atoms. The number of aryl methyl sites for hydroxylation is 1. The quantitative estimate of drug-likeness (QED) is 0.736. The largest absolute Gasteiger partial charge is 0.382 e. The van der Waals surface area contributed by atoms with Crippen molar-refractivity contribution in [2.75, 3.05) is 5.73 Å². The minimum atomic E-state index is -0.499. The third-order valence-electron chi connectivity index (χ3n) is 3.36. The highest BCUT2D eigenvalue weighted by Crippen LogP contribution is 2.37. The summed E-state index contributed by atoms with van der Waals surface area (Å²) in [6, 6.07) is 12.7. The molecule has 0 spiro atoms. The Bertz CT molecular complexity index is 794. The number of aromatic amines is 1. The van der Waals surface area contributed by atoms with Crippen LogP contribution in [0.4, 0.5) is 10.2 Å². The molecule has 0 amide bonds. The Labute approximate surface area is 126 Å². The van der Waals surface area contributed by atoms with Crippen LogP contribution < -0.4 is 5.73 Å². The van der Waals surface area contributed by atoms with E-state index in [4.69, 9.17) is 17.3 Å². The van der Waals surface area contributed by atoms with Crippen molar-refractivity contribution in [1.82, 2.24) is 10.2 Å². The third kappa shape index (κ3) is 2.38. The maximum absolute atomic E-state index is 14.3. The van der Waals surface area contributed by atoms with Crippen molar-refractivity contribution in [2.45, 2.75) is 6.92 Å². The number of benzene rings is 2. The number of nitrogens with one attached hydrogen (secondary N) is 1. The van der Waals surface area contributed by atoms with Crippen LogP contribution in [0.15, 0.2) is 42.5 Å². The second-order valence-electron chi connectivity index (χ2n) is 4.83. The van der Waals surface area contributed by atoms with E-state index >= 15 is 0 Å². The highest BCUT2D eigenvalue weighted by Gasteiger charge is 2.19. The van der Waals surface area contributed by atoms with Crippen LogP contribution in [0, 0.1) is 12.7 Å². The first-order chi connectivity index (χ1) is 10.1. The molecule has 0 saturated heterocycles. The van der Waals surface area contributed by atoms with E-state index in [2.05, 4.69) is 10.2 Å². The van der Waals surface area contributed by atoms with Gasteiger partial charge >= 0.3 is 0 Å². The molecule has 1 aromatic heterocycles. The van der Waals surface area contributed by atoms with Gasteiger partial charge in [0.25, 0.3) is 0 Å². The standard InChI is InChI=1S/C16H13ClFN3/c1-9-5-7-10(8-6-9)15-13(16(19)21-20-15)11-3-2-4-12(17)14(11)18/h2-8H,1H3,(H3,19,20,21). The van der Waals surface area contributed by atoms with E-state index in [1.807, 2.05) is 31.2 Å². The number of nitrogens with zero attached hydrogens (tertiary/aromatic N) is 1. The first-order valence-electron chi connectivity index (χ1n) is 6.43. The molecule has 1 heterocycles. The molecule has 106 valence electrons. The van der Waals surface area contributed by atoms with Crippen molar-refractivity contribution in [3.8, 4) is 22.4 Å². The predicted molar refractivity (Wildman–Crippen MR) is 83.6 cm³/mol. The van der Waals surface area contributed by atoms with Crippen molar-refractivity contribution in [1.29, 1.82) is 0 Å². The highest BCUT2D eigenvalue weighted by atomic mass is 35.5. The summed E-state index contributed by atoms with van der Waals surface area (Å²) in [5, 5.41) is 6.93. The van der Waals surface area contributed by atoms with Gasteiger partial charge in [0.1, 0.15) is 5.82 Å². The van der Waals surface area contributed by atoms with E-state index in [-0.39, 0.29) is 10.8 Å². The molecule has 3 N–H and O–H groups in total. The fourth-order valence-electron chi connectivity index (χ4n) is 2.25. The van der Waals surface area contributed by atoms with E-state index < -0.39 is 5.82 Å². The smallest absolute Gasteiger partial charge is 0.153 e. The lowest BCUT2D eigenvalue weighted by atomic mass is 10.00. The fraction of sp³-hybridized carbons (Fsp3) is 0.0625. The van der Waals surface area contributed by atoms with E-state index in [0.29, 0.717) is 16.8 Å². The summed E-state index contributed by atoms with van der Waals surface area (Å²) >= 11 is 5.86. The van der Waals surface area contributed by atoms with Gasteiger partial charge in [0.2, 0.25) is 0 Å². The van der Waals surface area contributed by atoms with Gasteiger partial charge in [-0.15, -0.1) is 0 Å². The van der Waals surface area contributed by atoms with Crippen LogP contribution in [0.5, 0.6) is 0 Å². The molecular formula is C16H13ClFN3. The zero-order valence-corrected chi connectivity index (χ0v) is 12.1. The van der Waals surface area contributed by atoms with Gasteiger partial charge in [-0.1, -0.05) is 53.6 Å². The summed E-state index contributed by atoms with van der Waals surface area (Å²) in [6.07, 6.45) is 0. The molecule has 0 aliphatic heterocycles. The highest BCUT2D eigenvalue weighted by molar-refractivity contribution is 6.31. The maximum atomic E-state index is 14.3. The van der Waals surface area contributed by atoms with Gasteiger partial charge in [0.05, 0.1) is 16.3 Å². The summed E-state index contributed by atoms with van der Waals surface area (Å²) in [7, 11) is 0. The zero-order chi connectivity index (χ0) is 15.0. The number of hydrogen-bond acceptors (Lipinski definition) is 2. The second kappa shape index (κ2) is 5.22. The summed E-state index contributed by atoms with van der Waals surface area (Å²) in [6.45, 7) is 2.00. The second-order valence-corrected chi connectivity index (χ2v) is 5.23. The molecule has 3 rings (SSSR count). The Hall–Kier alpha value is -2.33. The number of hydrogen-bond donors (Lipinski definition) is 2. The number of nitrogens with two attached hydrogens (primary N) is 1. The average molecular weight is 302 g/mol. The van der Waals surface area contributed by atoms with Gasteiger partial charge in [0.15, 0.2) is 5.82 Å². The van der Waals surface area contributed by atoms with E-state index in [1.165, 1.54) is 6.07 Å². The first kappa shape index (κ1) is 13.6. The van der Waals surface area contributed by atoms with Gasteiger partial charge in [-0.25, -0.2) is 4.39 Å². The van der Waals surface area contributed by atoms with Crippen LogP contribution >= 0.6 is 11.6 Å². The fourth-order valence-corrected chi connectivity index (χ4v) is 2.43. The Morgan fingerprint density at radius 3 is 2.57 bits per heavy atom. The molecule has 0 radical (unpaired) electrons. The lowest BCUT2D eigenvalue weighted by Gasteiger charge is -2.07. The van der Waals surface area contributed by atoms with Gasteiger partial charge in [-0.2, -0.15) is 5.10 Å². The first-order valence-corrected chi connectivity index (χ1v) is 6.81. The Morgan fingerprint density at radius 2 is 1.86 bits per heavy atom. The van der Waals surface area contributed by atoms with Crippen LogP contribution in [-0.2, 0) is 0 Å². The number of rotatable bonds is 2. The van der Waals surface area contributed by atoms with Crippen molar-refractivity contribution in [3.05, 3.63) is 58.9 Å². The third-order valence-corrected chi connectivity index (χ3v) is 3.65. The van der Waals surface area contributed by atoms with Gasteiger partial charge < -0.3 is 5.73 Å². The van der Waals surface area contributed by atoms with Crippen LogP contribution in [0.3, 0.4) is 0 Å². The van der Waals surface area contributed by atoms with E-state index in [9.17, 15) is 4.39 Å². The molecular weight excluding hydrogens is 289 g/mol. The number of nitrogen functional groups attached to an aromatic ring is 1.